The molecule has 5 nitrogen and oxygen atoms in total. The minimum atomic E-state index is -0.245. The molecule has 27 heavy (non-hydrogen) atoms. The van der Waals surface area contributed by atoms with E-state index in [1.165, 1.54) is 5.56 Å². The van der Waals surface area contributed by atoms with Gasteiger partial charge in [0, 0.05) is 18.7 Å². The number of hydrogen-bond acceptors (Lipinski definition) is 3. The first-order valence-corrected chi connectivity index (χ1v) is 9.39. The van der Waals surface area contributed by atoms with Gasteiger partial charge >= 0.3 is 0 Å². The van der Waals surface area contributed by atoms with Crippen LogP contribution in [0.25, 0.3) is 0 Å². The lowest BCUT2D eigenvalue weighted by Crippen LogP contribution is -2.44. The molecule has 142 valence electrons. The second-order valence-corrected chi connectivity index (χ2v) is 6.93. The molecule has 0 unspecified atom stereocenters. The second kappa shape index (κ2) is 9.21. The van der Waals surface area contributed by atoms with E-state index in [9.17, 15) is 9.59 Å². The molecule has 5 heteroatoms. The topological polar surface area (TPSA) is 58.6 Å². The zero-order chi connectivity index (χ0) is 19.1. The summed E-state index contributed by atoms with van der Waals surface area (Å²) >= 11 is 0. The number of amides is 2. The molecule has 0 bridgehead atoms. The van der Waals surface area contributed by atoms with Crippen molar-refractivity contribution in [2.45, 2.75) is 19.3 Å². The Hall–Kier alpha value is -2.82. The maximum absolute atomic E-state index is 12.4. The van der Waals surface area contributed by atoms with Gasteiger partial charge in [-0.25, -0.2) is 0 Å². The fourth-order valence-corrected chi connectivity index (χ4v) is 3.45. The van der Waals surface area contributed by atoms with Crippen LogP contribution < -0.4 is 10.1 Å². The third-order valence-corrected chi connectivity index (χ3v) is 5.09. The number of benzene rings is 2. The van der Waals surface area contributed by atoms with Crippen molar-refractivity contribution in [3.63, 3.8) is 0 Å². The molecular weight excluding hydrogens is 340 g/mol. The van der Waals surface area contributed by atoms with Crippen molar-refractivity contribution in [2.24, 2.45) is 5.92 Å². The van der Waals surface area contributed by atoms with Crippen LogP contribution in [0.2, 0.25) is 0 Å². The lowest BCUT2D eigenvalue weighted by Gasteiger charge is -2.32. The van der Waals surface area contributed by atoms with Crippen LogP contribution in [0, 0.1) is 5.92 Å². The van der Waals surface area contributed by atoms with Crippen molar-refractivity contribution in [1.82, 2.24) is 10.2 Å². The molecule has 1 fully saturated rings. The van der Waals surface area contributed by atoms with Gasteiger partial charge in [-0.2, -0.15) is 0 Å². The third kappa shape index (κ3) is 5.33. The van der Waals surface area contributed by atoms with Gasteiger partial charge < -0.3 is 15.0 Å². The van der Waals surface area contributed by atoms with Crippen LogP contribution in [0.1, 0.15) is 28.8 Å². The van der Waals surface area contributed by atoms with Crippen molar-refractivity contribution < 1.29 is 14.3 Å². The number of carbonyl (C=O) groups excluding carboxylic acids is 2. The van der Waals surface area contributed by atoms with Gasteiger partial charge in [0.05, 0.1) is 13.7 Å². The van der Waals surface area contributed by atoms with Gasteiger partial charge in [-0.15, -0.1) is 0 Å². The summed E-state index contributed by atoms with van der Waals surface area (Å²) in [6, 6.07) is 17.3. The summed E-state index contributed by atoms with van der Waals surface area (Å²) in [6.45, 7) is 1.55. The molecule has 2 aromatic carbocycles. The summed E-state index contributed by atoms with van der Waals surface area (Å²) < 4.78 is 5.08. The number of rotatable bonds is 6. The number of piperidine rings is 1. The lowest BCUT2D eigenvalue weighted by molar-refractivity contribution is -0.131. The summed E-state index contributed by atoms with van der Waals surface area (Å²) in [5.41, 5.74) is 1.87. The van der Waals surface area contributed by atoms with Crippen LogP contribution in [0.5, 0.6) is 5.75 Å². The first-order valence-electron chi connectivity index (χ1n) is 9.39. The molecule has 1 heterocycles. The Kier molecular flexibility index (Phi) is 6.47. The SMILES string of the molecule is COc1ccc(C(=O)NCC(=O)N2CCC(Cc3ccccc3)CC2)cc1. The van der Waals surface area contributed by atoms with Gasteiger partial charge in [-0.3, -0.25) is 9.59 Å². The monoisotopic (exact) mass is 366 g/mol. The minimum absolute atomic E-state index is 0.0185. The Morgan fingerprint density at radius 1 is 1.04 bits per heavy atom. The van der Waals surface area contributed by atoms with Crippen molar-refractivity contribution in [3.8, 4) is 5.75 Å². The maximum Gasteiger partial charge on any atom is 0.251 e. The molecule has 3 rings (SSSR count). The van der Waals surface area contributed by atoms with E-state index in [1.54, 1.807) is 31.4 Å². The van der Waals surface area contributed by atoms with E-state index >= 15 is 0 Å². The third-order valence-electron chi connectivity index (χ3n) is 5.09. The summed E-state index contributed by atoms with van der Waals surface area (Å²) in [7, 11) is 1.58. The predicted octanol–water partition coefficient (Wildman–Crippen LogP) is 2.91. The van der Waals surface area contributed by atoms with E-state index in [-0.39, 0.29) is 18.4 Å². The summed E-state index contributed by atoms with van der Waals surface area (Å²) in [5.74, 6) is 1.05. The molecule has 1 aliphatic rings. The molecule has 0 aliphatic carbocycles. The van der Waals surface area contributed by atoms with Gasteiger partial charge in [-0.1, -0.05) is 30.3 Å². The van der Waals surface area contributed by atoms with E-state index < -0.39 is 0 Å². The van der Waals surface area contributed by atoms with E-state index in [2.05, 4.69) is 29.6 Å². The Morgan fingerprint density at radius 2 is 1.70 bits per heavy atom. The average Bonchev–Trinajstić information content (AvgIpc) is 2.73. The maximum atomic E-state index is 12.4. The number of ether oxygens (including phenoxy) is 1. The molecule has 0 atom stereocenters. The number of carbonyl (C=O) groups is 2. The van der Waals surface area contributed by atoms with Crippen LogP contribution in [0.3, 0.4) is 0 Å². The molecule has 1 aliphatic heterocycles. The molecule has 1 saturated heterocycles. The quantitative estimate of drug-likeness (QED) is 0.855. The molecule has 0 spiro atoms. The van der Waals surface area contributed by atoms with Crippen molar-refractivity contribution in [2.75, 3.05) is 26.7 Å². The fraction of sp³-hybridized carbons (Fsp3) is 0.364. The molecule has 0 aromatic heterocycles. The lowest BCUT2D eigenvalue weighted by atomic mass is 9.90. The Labute approximate surface area is 160 Å². The molecule has 2 aromatic rings. The van der Waals surface area contributed by atoms with Crippen molar-refractivity contribution in [1.29, 1.82) is 0 Å². The van der Waals surface area contributed by atoms with Gasteiger partial charge in [0.25, 0.3) is 5.91 Å². The first-order chi connectivity index (χ1) is 13.2. The minimum Gasteiger partial charge on any atom is -0.497 e. The summed E-state index contributed by atoms with van der Waals surface area (Å²) in [5, 5.41) is 2.71. The van der Waals surface area contributed by atoms with Gasteiger partial charge in [-0.05, 0) is 55.0 Å². The first kappa shape index (κ1) is 19.0. The number of nitrogens with zero attached hydrogens (tertiary/aromatic N) is 1. The zero-order valence-electron chi connectivity index (χ0n) is 15.7. The average molecular weight is 366 g/mol. The van der Waals surface area contributed by atoms with Crippen LogP contribution >= 0.6 is 0 Å². The highest BCUT2D eigenvalue weighted by Gasteiger charge is 2.23. The van der Waals surface area contributed by atoms with Gasteiger partial charge in [0.2, 0.25) is 5.91 Å². The highest BCUT2D eigenvalue weighted by atomic mass is 16.5. The predicted molar refractivity (Wildman–Crippen MR) is 105 cm³/mol. The summed E-state index contributed by atoms with van der Waals surface area (Å²) in [6.07, 6.45) is 3.08. The normalized spacial score (nSPS) is 14.6. The fourth-order valence-electron chi connectivity index (χ4n) is 3.45. The smallest absolute Gasteiger partial charge is 0.251 e. The highest BCUT2D eigenvalue weighted by Crippen LogP contribution is 2.21. The van der Waals surface area contributed by atoms with Crippen LogP contribution in [0.4, 0.5) is 0 Å². The Balaban J connectivity index is 1.42. The highest BCUT2D eigenvalue weighted by molar-refractivity contribution is 5.96. The summed E-state index contributed by atoms with van der Waals surface area (Å²) in [4.78, 5) is 26.4. The van der Waals surface area contributed by atoms with E-state index in [0.717, 1.165) is 32.4 Å². The molecular formula is C22H26N2O3. The standard InChI is InChI=1S/C22H26N2O3/c1-27-20-9-7-19(8-10-20)22(26)23-16-21(25)24-13-11-18(12-14-24)15-17-5-3-2-4-6-17/h2-10,18H,11-16H2,1H3,(H,23,26). The Bertz CT molecular complexity index is 751. The second-order valence-electron chi connectivity index (χ2n) is 6.93. The van der Waals surface area contributed by atoms with Crippen molar-refractivity contribution in [3.05, 3.63) is 65.7 Å². The van der Waals surface area contributed by atoms with Gasteiger partial charge in [0.1, 0.15) is 5.75 Å². The van der Waals surface area contributed by atoms with Crippen LogP contribution in [-0.2, 0) is 11.2 Å². The molecule has 0 saturated carbocycles. The van der Waals surface area contributed by atoms with E-state index in [4.69, 9.17) is 4.74 Å². The van der Waals surface area contributed by atoms with Crippen LogP contribution in [0.15, 0.2) is 54.6 Å². The number of methoxy groups -OCH3 is 1. The number of nitrogens with one attached hydrogen (secondary N) is 1. The Morgan fingerprint density at radius 3 is 2.33 bits per heavy atom. The zero-order valence-corrected chi connectivity index (χ0v) is 15.7. The van der Waals surface area contributed by atoms with E-state index in [0.29, 0.717) is 17.2 Å². The molecule has 1 N–H and O–H groups in total. The van der Waals surface area contributed by atoms with E-state index in [1.807, 2.05) is 11.0 Å². The number of hydrogen-bond donors (Lipinski definition) is 1. The largest absolute Gasteiger partial charge is 0.497 e. The molecule has 0 radical (unpaired) electrons. The number of likely N-dealkylation sites (tertiary alicyclic amines) is 1. The van der Waals surface area contributed by atoms with Gasteiger partial charge in [0.15, 0.2) is 0 Å². The van der Waals surface area contributed by atoms with Crippen molar-refractivity contribution >= 4 is 11.8 Å². The van der Waals surface area contributed by atoms with Crippen LogP contribution in [-0.4, -0.2) is 43.5 Å². The molecule has 2 amide bonds.